The minimum Gasteiger partial charge on any atom is -0.497 e. The van der Waals surface area contributed by atoms with Gasteiger partial charge in [0.1, 0.15) is 5.75 Å². The first-order valence-electron chi connectivity index (χ1n) is 7.15. The number of nitrogen functional groups attached to an aromatic ring is 1. The Morgan fingerprint density at radius 3 is 2.43 bits per heavy atom. The predicted molar refractivity (Wildman–Crippen MR) is 86.0 cm³/mol. The second-order valence-corrected chi connectivity index (χ2v) is 5.21. The average Bonchev–Trinajstić information content (AvgIpc) is 2.54. The van der Waals surface area contributed by atoms with Crippen LogP contribution in [0.2, 0.25) is 0 Å². The topological polar surface area (TPSA) is 52.3 Å². The SMILES string of the molecule is CCC(C)c1ccc(C(=O)c2cc(OC)ccc2N)cc1. The molecule has 3 heteroatoms. The van der Waals surface area contributed by atoms with E-state index in [0.717, 1.165) is 6.42 Å². The molecular formula is C18H21NO2. The number of hydrogen-bond acceptors (Lipinski definition) is 3. The van der Waals surface area contributed by atoms with Crippen LogP contribution in [0, 0.1) is 0 Å². The maximum absolute atomic E-state index is 12.6. The summed E-state index contributed by atoms with van der Waals surface area (Å²) in [6.07, 6.45) is 1.08. The molecule has 1 atom stereocenters. The molecule has 2 N–H and O–H groups in total. The van der Waals surface area contributed by atoms with E-state index in [1.807, 2.05) is 24.3 Å². The molecule has 0 radical (unpaired) electrons. The summed E-state index contributed by atoms with van der Waals surface area (Å²) in [6, 6.07) is 12.9. The van der Waals surface area contributed by atoms with Crippen LogP contribution in [0.25, 0.3) is 0 Å². The number of hydrogen-bond donors (Lipinski definition) is 1. The third-order valence-electron chi connectivity index (χ3n) is 3.86. The largest absolute Gasteiger partial charge is 0.497 e. The summed E-state index contributed by atoms with van der Waals surface area (Å²) >= 11 is 0. The average molecular weight is 283 g/mol. The summed E-state index contributed by atoms with van der Waals surface area (Å²) in [7, 11) is 1.57. The molecule has 110 valence electrons. The number of methoxy groups -OCH3 is 1. The Bertz CT molecular complexity index is 632. The Morgan fingerprint density at radius 1 is 1.19 bits per heavy atom. The van der Waals surface area contributed by atoms with Crippen LogP contribution in [0.4, 0.5) is 5.69 Å². The molecule has 0 saturated carbocycles. The van der Waals surface area contributed by atoms with Crippen molar-refractivity contribution < 1.29 is 9.53 Å². The molecule has 0 saturated heterocycles. The van der Waals surface area contributed by atoms with E-state index < -0.39 is 0 Å². The van der Waals surface area contributed by atoms with Crippen molar-refractivity contribution in [3.05, 3.63) is 59.2 Å². The zero-order chi connectivity index (χ0) is 15.4. The predicted octanol–water partition coefficient (Wildman–Crippen LogP) is 4.02. The minimum absolute atomic E-state index is 0.0814. The Kier molecular flexibility index (Phi) is 4.63. The van der Waals surface area contributed by atoms with E-state index in [1.54, 1.807) is 25.3 Å². The van der Waals surface area contributed by atoms with Gasteiger partial charge in [-0.15, -0.1) is 0 Å². The Labute approximate surface area is 125 Å². The number of nitrogens with two attached hydrogens (primary N) is 1. The number of rotatable bonds is 5. The van der Waals surface area contributed by atoms with Gasteiger partial charge in [0.15, 0.2) is 5.78 Å². The summed E-state index contributed by atoms with van der Waals surface area (Å²) < 4.78 is 5.15. The van der Waals surface area contributed by atoms with Gasteiger partial charge in [0.25, 0.3) is 0 Å². The second kappa shape index (κ2) is 6.44. The number of ether oxygens (including phenoxy) is 1. The van der Waals surface area contributed by atoms with E-state index in [0.29, 0.717) is 28.5 Å². The molecule has 0 spiro atoms. The van der Waals surface area contributed by atoms with Crippen molar-refractivity contribution in [3.63, 3.8) is 0 Å². The van der Waals surface area contributed by atoms with Crippen molar-refractivity contribution >= 4 is 11.5 Å². The lowest BCUT2D eigenvalue weighted by molar-refractivity contribution is 0.103. The Hall–Kier alpha value is -2.29. The zero-order valence-corrected chi connectivity index (χ0v) is 12.7. The van der Waals surface area contributed by atoms with Gasteiger partial charge in [-0.2, -0.15) is 0 Å². The summed E-state index contributed by atoms with van der Waals surface area (Å²) in [5.74, 6) is 1.04. The van der Waals surface area contributed by atoms with Crippen LogP contribution in [0.15, 0.2) is 42.5 Å². The monoisotopic (exact) mass is 283 g/mol. The van der Waals surface area contributed by atoms with Gasteiger partial charge in [-0.25, -0.2) is 0 Å². The lowest BCUT2D eigenvalue weighted by Gasteiger charge is -2.10. The van der Waals surface area contributed by atoms with E-state index in [2.05, 4.69) is 13.8 Å². The lowest BCUT2D eigenvalue weighted by Crippen LogP contribution is -2.06. The fraction of sp³-hybridized carbons (Fsp3) is 0.278. The van der Waals surface area contributed by atoms with Crippen LogP contribution in [-0.4, -0.2) is 12.9 Å². The first-order valence-corrected chi connectivity index (χ1v) is 7.15. The quantitative estimate of drug-likeness (QED) is 0.666. The van der Waals surface area contributed by atoms with E-state index in [-0.39, 0.29) is 5.78 Å². The van der Waals surface area contributed by atoms with Gasteiger partial charge in [-0.1, -0.05) is 38.1 Å². The van der Waals surface area contributed by atoms with Crippen molar-refractivity contribution in [1.29, 1.82) is 0 Å². The molecule has 0 aliphatic carbocycles. The maximum Gasteiger partial charge on any atom is 0.195 e. The molecule has 2 rings (SSSR count). The molecule has 21 heavy (non-hydrogen) atoms. The summed E-state index contributed by atoms with van der Waals surface area (Å²) in [6.45, 7) is 4.33. The van der Waals surface area contributed by atoms with Crippen LogP contribution in [0.5, 0.6) is 5.75 Å². The van der Waals surface area contributed by atoms with Gasteiger partial charge in [0.2, 0.25) is 0 Å². The summed E-state index contributed by atoms with van der Waals surface area (Å²) in [4.78, 5) is 12.6. The molecule has 0 bridgehead atoms. The number of benzene rings is 2. The van der Waals surface area contributed by atoms with Crippen LogP contribution in [-0.2, 0) is 0 Å². The minimum atomic E-state index is -0.0814. The first-order chi connectivity index (χ1) is 10.1. The standard InChI is InChI=1S/C18H21NO2/c1-4-12(2)13-5-7-14(8-6-13)18(20)16-11-15(21-3)9-10-17(16)19/h5-12H,4,19H2,1-3H3. The molecule has 0 heterocycles. The van der Waals surface area contributed by atoms with Gasteiger partial charge in [-0.05, 0) is 36.1 Å². The number of carbonyl (C=O) groups is 1. The Morgan fingerprint density at radius 2 is 1.86 bits per heavy atom. The van der Waals surface area contributed by atoms with Gasteiger partial charge >= 0.3 is 0 Å². The number of anilines is 1. The first kappa shape index (κ1) is 15.1. The lowest BCUT2D eigenvalue weighted by atomic mass is 9.95. The van der Waals surface area contributed by atoms with Crippen molar-refractivity contribution in [2.45, 2.75) is 26.2 Å². The molecule has 0 aliphatic rings. The fourth-order valence-electron chi connectivity index (χ4n) is 2.21. The van der Waals surface area contributed by atoms with Crippen LogP contribution in [0.3, 0.4) is 0 Å². The van der Waals surface area contributed by atoms with Crippen molar-refractivity contribution in [2.24, 2.45) is 0 Å². The third kappa shape index (κ3) is 3.24. The fourth-order valence-corrected chi connectivity index (χ4v) is 2.21. The van der Waals surface area contributed by atoms with Gasteiger partial charge in [-0.3, -0.25) is 4.79 Å². The zero-order valence-electron chi connectivity index (χ0n) is 12.7. The van der Waals surface area contributed by atoms with Crippen LogP contribution in [0.1, 0.15) is 47.7 Å². The second-order valence-electron chi connectivity index (χ2n) is 5.21. The van der Waals surface area contributed by atoms with Gasteiger partial charge in [0.05, 0.1) is 7.11 Å². The molecule has 0 aromatic heterocycles. The Balaban J connectivity index is 2.32. The molecular weight excluding hydrogens is 262 g/mol. The summed E-state index contributed by atoms with van der Waals surface area (Å²) in [5, 5.41) is 0. The number of carbonyl (C=O) groups excluding carboxylic acids is 1. The van der Waals surface area contributed by atoms with Crippen LogP contribution < -0.4 is 10.5 Å². The molecule has 0 fully saturated rings. The van der Waals surface area contributed by atoms with E-state index in [4.69, 9.17) is 10.5 Å². The highest BCUT2D eigenvalue weighted by molar-refractivity contribution is 6.12. The van der Waals surface area contributed by atoms with Crippen molar-refractivity contribution in [1.82, 2.24) is 0 Å². The summed E-state index contributed by atoms with van der Waals surface area (Å²) in [5.41, 5.74) is 8.73. The number of ketones is 1. The maximum atomic E-state index is 12.6. The molecule has 3 nitrogen and oxygen atoms in total. The highest BCUT2D eigenvalue weighted by atomic mass is 16.5. The molecule has 2 aromatic carbocycles. The third-order valence-corrected chi connectivity index (χ3v) is 3.86. The van der Waals surface area contributed by atoms with Crippen LogP contribution >= 0.6 is 0 Å². The molecule has 2 aromatic rings. The van der Waals surface area contributed by atoms with E-state index in [1.165, 1.54) is 5.56 Å². The van der Waals surface area contributed by atoms with Gasteiger partial charge in [0, 0.05) is 16.8 Å². The normalized spacial score (nSPS) is 12.0. The molecule has 1 unspecified atom stereocenters. The van der Waals surface area contributed by atoms with Crippen molar-refractivity contribution in [3.8, 4) is 5.75 Å². The van der Waals surface area contributed by atoms with Gasteiger partial charge < -0.3 is 10.5 Å². The highest BCUT2D eigenvalue weighted by Crippen LogP contribution is 2.24. The molecule has 0 aliphatic heterocycles. The van der Waals surface area contributed by atoms with E-state index in [9.17, 15) is 4.79 Å². The van der Waals surface area contributed by atoms with E-state index >= 15 is 0 Å². The highest BCUT2D eigenvalue weighted by Gasteiger charge is 2.14. The smallest absolute Gasteiger partial charge is 0.195 e. The van der Waals surface area contributed by atoms with Crippen molar-refractivity contribution in [2.75, 3.05) is 12.8 Å². The molecule has 0 amide bonds.